The van der Waals surface area contributed by atoms with Gasteiger partial charge in [-0.2, -0.15) is 5.26 Å². The molecule has 1 aromatic heterocycles. The largest absolute Gasteiger partial charge is 0.316 e. The van der Waals surface area contributed by atoms with Gasteiger partial charge in [-0.25, -0.2) is 0 Å². The highest BCUT2D eigenvalue weighted by Gasteiger charge is 2.27. The molecular weight excluding hydrogens is 408 g/mol. The fourth-order valence-corrected chi connectivity index (χ4v) is 5.51. The molecule has 5 heteroatoms. The van der Waals surface area contributed by atoms with Crippen LogP contribution in [0.25, 0.3) is 0 Å². The quantitative estimate of drug-likeness (QED) is 0.498. The van der Waals surface area contributed by atoms with Crippen molar-refractivity contribution in [3.8, 4) is 6.07 Å². The predicted octanol–water partition coefficient (Wildman–Crippen LogP) is 6.24. The lowest BCUT2D eigenvalue weighted by Gasteiger charge is -2.24. The number of benzene rings is 2. The number of hydrogen-bond donors (Lipinski definition) is 1. The van der Waals surface area contributed by atoms with Crippen molar-refractivity contribution in [3.63, 3.8) is 0 Å². The third kappa shape index (κ3) is 4.07. The van der Waals surface area contributed by atoms with Gasteiger partial charge in [0.05, 0.1) is 15.3 Å². The molecule has 0 saturated heterocycles. The lowest BCUT2D eigenvalue weighted by molar-refractivity contribution is -0.116. The van der Waals surface area contributed by atoms with Gasteiger partial charge >= 0.3 is 0 Å². The van der Waals surface area contributed by atoms with E-state index in [4.69, 9.17) is 12.2 Å². The first-order chi connectivity index (χ1) is 14.6. The van der Waals surface area contributed by atoms with E-state index < -0.39 is 5.92 Å². The molecule has 150 valence electrons. The minimum absolute atomic E-state index is 0.154. The topological polar surface area (TPSA) is 52.9 Å². The summed E-state index contributed by atoms with van der Waals surface area (Å²) in [4.78, 5) is 13.5. The van der Waals surface area contributed by atoms with Crippen molar-refractivity contribution >= 4 is 34.5 Å². The second-order valence-electron chi connectivity index (χ2n) is 7.75. The van der Waals surface area contributed by atoms with Crippen molar-refractivity contribution in [2.24, 2.45) is 5.92 Å². The minimum atomic E-state index is -0.462. The van der Waals surface area contributed by atoms with Gasteiger partial charge in [-0.1, -0.05) is 79.8 Å². The summed E-state index contributed by atoms with van der Waals surface area (Å²) < 4.78 is 0.779. The fraction of sp³-hybridized carbons (Fsp3) is 0.240. The molecule has 1 atom stereocenters. The molecule has 2 aromatic carbocycles. The third-order valence-electron chi connectivity index (χ3n) is 5.65. The Kier molecular flexibility index (Phi) is 6.08. The Morgan fingerprint density at radius 2 is 1.70 bits per heavy atom. The van der Waals surface area contributed by atoms with Gasteiger partial charge in [0.2, 0.25) is 5.91 Å². The molecule has 1 heterocycles. The van der Waals surface area contributed by atoms with E-state index in [1.54, 1.807) is 0 Å². The van der Waals surface area contributed by atoms with Crippen LogP contribution < -0.4 is 5.32 Å². The highest BCUT2D eigenvalue weighted by atomic mass is 32.1. The predicted molar refractivity (Wildman–Crippen MR) is 124 cm³/mol. The normalized spacial score (nSPS) is 15.3. The molecule has 1 aliphatic rings. The van der Waals surface area contributed by atoms with Crippen LogP contribution in [0.5, 0.6) is 0 Å². The summed E-state index contributed by atoms with van der Waals surface area (Å²) in [6.45, 7) is 2.22. The van der Waals surface area contributed by atoms with E-state index in [-0.39, 0.29) is 5.91 Å². The van der Waals surface area contributed by atoms with Crippen molar-refractivity contribution in [1.29, 1.82) is 5.26 Å². The maximum atomic E-state index is 13.5. The summed E-state index contributed by atoms with van der Waals surface area (Å²) in [6.07, 6.45) is 2.78. The molecular formula is C25H22N2OS2. The molecule has 0 saturated carbocycles. The first-order valence-electron chi connectivity index (χ1n) is 10.1. The van der Waals surface area contributed by atoms with Gasteiger partial charge in [-0.15, -0.1) is 11.3 Å². The van der Waals surface area contributed by atoms with Crippen LogP contribution in [-0.4, -0.2) is 5.91 Å². The number of rotatable bonds is 4. The lowest BCUT2D eigenvalue weighted by Crippen LogP contribution is -2.23. The summed E-state index contributed by atoms with van der Waals surface area (Å²) in [5, 5.41) is 13.5. The first-order valence-corrected chi connectivity index (χ1v) is 11.3. The van der Waals surface area contributed by atoms with Crippen molar-refractivity contribution in [2.75, 3.05) is 5.32 Å². The Labute approximate surface area is 186 Å². The molecule has 0 spiro atoms. The molecule has 3 aromatic rings. The number of fused-ring (bicyclic) bond motifs is 1. The molecule has 0 bridgehead atoms. The van der Waals surface area contributed by atoms with Gasteiger partial charge in [-0.3, -0.25) is 4.79 Å². The smallest absolute Gasteiger partial charge is 0.237 e. The number of nitriles is 1. The number of carbonyl (C=O) groups is 1. The lowest BCUT2D eigenvalue weighted by atomic mass is 9.85. The minimum Gasteiger partial charge on any atom is -0.316 e. The monoisotopic (exact) mass is 430 g/mol. The maximum absolute atomic E-state index is 13.5. The van der Waals surface area contributed by atoms with Crippen LogP contribution >= 0.6 is 23.6 Å². The van der Waals surface area contributed by atoms with Crippen LogP contribution in [0.3, 0.4) is 0 Å². The van der Waals surface area contributed by atoms with E-state index in [0.717, 1.165) is 45.3 Å². The van der Waals surface area contributed by atoms with E-state index >= 15 is 0 Å². The van der Waals surface area contributed by atoms with E-state index in [1.807, 2.05) is 60.7 Å². The molecule has 0 radical (unpaired) electrons. The Morgan fingerprint density at radius 3 is 2.27 bits per heavy atom. The molecule has 3 nitrogen and oxygen atoms in total. The zero-order valence-electron chi connectivity index (χ0n) is 16.7. The summed E-state index contributed by atoms with van der Waals surface area (Å²) in [5.41, 5.74) is 4.53. The second kappa shape index (κ2) is 8.91. The SMILES string of the molecule is CC1CCc2c(C#N)c(NC(=O)C(c3ccccc3)c3ccccc3)sc(=S)c2C1. The second-order valence-corrected chi connectivity index (χ2v) is 9.44. The summed E-state index contributed by atoms with van der Waals surface area (Å²) in [6, 6.07) is 21.8. The number of nitrogens with zero attached hydrogens (tertiary/aromatic N) is 1. The molecule has 1 amide bonds. The zero-order chi connectivity index (χ0) is 21.1. The van der Waals surface area contributed by atoms with Crippen molar-refractivity contribution in [1.82, 2.24) is 0 Å². The van der Waals surface area contributed by atoms with E-state index in [9.17, 15) is 10.1 Å². The van der Waals surface area contributed by atoms with Crippen LogP contribution in [-0.2, 0) is 17.6 Å². The standard InChI is InChI=1S/C25H22N2OS2/c1-16-12-13-19-20(14-16)25(29)30-24(21(19)15-26)27-23(28)22(17-8-4-2-5-9-17)18-10-6-3-7-11-18/h2-11,16,22H,12-14H2,1H3,(H,27,28). The maximum Gasteiger partial charge on any atom is 0.237 e. The third-order valence-corrected chi connectivity index (χ3v) is 7.09. The molecule has 0 aliphatic heterocycles. The van der Waals surface area contributed by atoms with Gasteiger partial charge in [0.25, 0.3) is 0 Å². The summed E-state index contributed by atoms with van der Waals surface area (Å²) >= 11 is 6.99. The van der Waals surface area contributed by atoms with Crippen LogP contribution in [0.4, 0.5) is 5.00 Å². The van der Waals surface area contributed by atoms with Crippen LogP contribution in [0.2, 0.25) is 0 Å². The molecule has 1 unspecified atom stereocenters. The summed E-state index contributed by atoms with van der Waals surface area (Å²) in [5.74, 6) is -0.0478. The Morgan fingerprint density at radius 1 is 1.10 bits per heavy atom. The van der Waals surface area contributed by atoms with Crippen molar-refractivity contribution in [2.45, 2.75) is 32.1 Å². The van der Waals surface area contributed by atoms with Crippen LogP contribution in [0, 0.1) is 21.1 Å². The Hall–Kier alpha value is -2.81. The highest BCUT2D eigenvalue weighted by molar-refractivity contribution is 7.73. The van der Waals surface area contributed by atoms with Crippen LogP contribution in [0.1, 0.15) is 47.1 Å². The van der Waals surface area contributed by atoms with E-state index in [0.29, 0.717) is 16.5 Å². The van der Waals surface area contributed by atoms with Gasteiger partial charge < -0.3 is 5.32 Å². The first kappa shape index (κ1) is 20.5. The number of carbonyl (C=O) groups excluding carboxylic acids is 1. The average Bonchev–Trinajstić information content (AvgIpc) is 2.76. The zero-order valence-corrected chi connectivity index (χ0v) is 18.4. The van der Waals surface area contributed by atoms with Gasteiger partial charge in [0, 0.05) is 0 Å². The van der Waals surface area contributed by atoms with E-state index in [2.05, 4.69) is 18.3 Å². The number of anilines is 1. The Bertz CT molecular complexity index is 1120. The average molecular weight is 431 g/mol. The summed E-state index contributed by atoms with van der Waals surface area (Å²) in [7, 11) is 0. The van der Waals surface area contributed by atoms with Gasteiger partial charge in [-0.05, 0) is 47.4 Å². The molecule has 1 N–H and O–H groups in total. The molecule has 1 aliphatic carbocycles. The van der Waals surface area contributed by atoms with Gasteiger partial charge in [0.15, 0.2) is 0 Å². The fourth-order valence-electron chi connectivity index (χ4n) is 4.12. The van der Waals surface area contributed by atoms with E-state index in [1.165, 1.54) is 11.3 Å². The molecule has 30 heavy (non-hydrogen) atoms. The molecule has 4 rings (SSSR count). The Balaban J connectivity index is 1.74. The van der Waals surface area contributed by atoms with Gasteiger partial charge in [0.1, 0.15) is 11.1 Å². The number of amides is 1. The van der Waals surface area contributed by atoms with Crippen LogP contribution in [0.15, 0.2) is 60.7 Å². The highest BCUT2D eigenvalue weighted by Crippen LogP contribution is 2.37. The molecule has 0 fully saturated rings. The number of hydrogen-bond acceptors (Lipinski definition) is 4. The van der Waals surface area contributed by atoms with Crippen molar-refractivity contribution < 1.29 is 4.79 Å². The van der Waals surface area contributed by atoms with Crippen molar-refractivity contribution in [3.05, 3.63) is 92.3 Å². The number of nitrogens with one attached hydrogen (secondary N) is 1.